The fourth-order valence-corrected chi connectivity index (χ4v) is 2.17. The number of rotatable bonds is 0. The first kappa shape index (κ1) is 13.5. The second-order valence-electron chi connectivity index (χ2n) is 4.47. The van der Waals surface area contributed by atoms with Crippen LogP contribution in [0, 0.1) is 0 Å². The number of hydrogen-bond donors (Lipinski definition) is 2. The molecule has 0 aromatic heterocycles. The van der Waals surface area contributed by atoms with Crippen molar-refractivity contribution in [1.82, 2.24) is 4.90 Å². The number of phenols is 1. The Morgan fingerprint density at radius 3 is 2.26 bits per heavy atom. The summed E-state index contributed by atoms with van der Waals surface area (Å²) < 4.78 is 37.1. The minimum absolute atomic E-state index is 0.00441. The zero-order chi connectivity index (χ0) is 14.2. The molecule has 1 aliphatic heterocycles. The van der Waals surface area contributed by atoms with Crippen molar-refractivity contribution < 1.29 is 23.1 Å². The van der Waals surface area contributed by atoms with Gasteiger partial charge in [-0.25, -0.2) is 0 Å². The average molecular weight is 274 g/mol. The Bertz CT molecular complexity index is 481. The smallest absolute Gasteiger partial charge is 0.471 e. The number of amides is 1. The first-order chi connectivity index (χ1) is 8.79. The van der Waals surface area contributed by atoms with Crippen LogP contribution in [0.25, 0.3) is 0 Å². The molecule has 19 heavy (non-hydrogen) atoms. The maximum absolute atomic E-state index is 12.4. The number of phenolic OH excluding ortho intramolecular Hbond substituents is 1. The molecule has 1 aromatic carbocycles. The van der Waals surface area contributed by atoms with Gasteiger partial charge in [-0.1, -0.05) is 0 Å². The van der Waals surface area contributed by atoms with E-state index in [1.807, 2.05) is 0 Å². The second-order valence-corrected chi connectivity index (χ2v) is 4.47. The van der Waals surface area contributed by atoms with E-state index < -0.39 is 12.1 Å². The molecule has 104 valence electrons. The number of benzene rings is 1. The summed E-state index contributed by atoms with van der Waals surface area (Å²) >= 11 is 0. The van der Waals surface area contributed by atoms with E-state index in [1.54, 1.807) is 6.07 Å². The summed E-state index contributed by atoms with van der Waals surface area (Å²) in [6.45, 7) is -0.0236. The molecule has 0 unspecified atom stereocenters. The minimum Gasteiger partial charge on any atom is -0.506 e. The quantitative estimate of drug-likeness (QED) is 0.556. The monoisotopic (exact) mass is 274 g/mol. The van der Waals surface area contributed by atoms with Gasteiger partial charge in [-0.15, -0.1) is 0 Å². The van der Waals surface area contributed by atoms with Crippen LogP contribution in [0.2, 0.25) is 0 Å². The number of nitrogens with two attached hydrogens (primary N) is 1. The number of halogens is 3. The molecule has 1 aliphatic rings. The Labute approximate surface area is 107 Å². The number of hydrogen-bond acceptors (Lipinski definition) is 3. The van der Waals surface area contributed by atoms with Crippen LogP contribution in [0.15, 0.2) is 12.1 Å². The summed E-state index contributed by atoms with van der Waals surface area (Å²) in [6, 6.07) is 3.00. The van der Waals surface area contributed by atoms with E-state index in [0.29, 0.717) is 6.42 Å². The number of nitrogen functional groups attached to an aromatic ring is 1. The molecule has 7 heteroatoms. The molecule has 1 heterocycles. The second kappa shape index (κ2) is 4.64. The number of alkyl halides is 3. The normalized spacial score (nSPS) is 15.8. The molecule has 0 aliphatic carbocycles. The maximum Gasteiger partial charge on any atom is 0.471 e. The summed E-state index contributed by atoms with van der Waals surface area (Å²) in [6.07, 6.45) is -4.29. The number of carbonyl (C=O) groups excluding carboxylic acids is 1. The lowest BCUT2D eigenvalue weighted by molar-refractivity contribution is -0.185. The lowest BCUT2D eigenvalue weighted by Gasteiger charge is -2.21. The van der Waals surface area contributed by atoms with E-state index in [0.717, 1.165) is 16.0 Å². The van der Waals surface area contributed by atoms with Gasteiger partial charge in [0.15, 0.2) is 0 Å². The van der Waals surface area contributed by atoms with Crippen molar-refractivity contribution in [3.8, 4) is 5.75 Å². The highest BCUT2D eigenvalue weighted by Gasteiger charge is 2.42. The van der Waals surface area contributed by atoms with Gasteiger partial charge >= 0.3 is 12.1 Å². The van der Waals surface area contributed by atoms with Gasteiger partial charge in [0.2, 0.25) is 0 Å². The molecule has 0 fully saturated rings. The van der Waals surface area contributed by atoms with Crippen LogP contribution in [0.1, 0.15) is 11.1 Å². The van der Waals surface area contributed by atoms with Gasteiger partial charge in [-0.3, -0.25) is 4.79 Å². The van der Waals surface area contributed by atoms with Gasteiger partial charge in [0, 0.05) is 13.1 Å². The minimum atomic E-state index is -4.85. The van der Waals surface area contributed by atoms with Crippen molar-refractivity contribution >= 4 is 11.6 Å². The van der Waals surface area contributed by atoms with Gasteiger partial charge < -0.3 is 15.7 Å². The predicted molar refractivity (Wildman–Crippen MR) is 62.6 cm³/mol. The van der Waals surface area contributed by atoms with Crippen LogP contribution in [-0.4, -0.2) is 35.2 Å². The average Bonchev–Trinajstić information content (AvgIpc) is 2.50. The van der Waals surface area contributed by atoms with Gasteiger partial charge in [0.05, 0.1) is 5.69 Å². The summed E-state index contributed by atoms with van der Waals surface area (Å²) in [5.41, 5.74) is 7.23. The summed E-state index contributed by atoms with van der Waals surface area (Å²) in [5.74, 6) is -1.91. The van der Waals surface area contributed by atoms with Crippen molar-refractivity contribution in [1.29, 1.82) is 0 Å². The first-order valence-corrected chi connectivity index (χ1v) is 5.75. The molecule has 3 N–H and O–H groups in total. The van der Waals surface area contributed by atoms with Crippen molar-refractivity contribution in [2.75, 3.05) is 18.8 Å². The predicted octanol–water partition coefficient (Wildman–Crippen LogP) is 1.46. The van der Waals surface area contributed by atoms with Gasteiger partial charge in [0.1, 0.15) is 5.75 Å². The van der Waals surface area contributed by atoms with Crippen LogP contribution in [0.5, 0.6) is 5.75 Å². The van der Waals surface area contributed by atoms with E-state index in [-0.39, 0.29) is 30.9 Å². The van der Waals surface area contributed by atoms with E-state index in [4.69, 9.17) is 5.73 Å². The van der Waals surface area contributed by atoms with Gasteiger partial charge in [-0.05, 0) is 36.1 Å². The third-order valence-corrected chi connectivity index (χ3v) is 3.18. The molecule has 1 amide bonds. The number of fused-ring (bicyclic) bond motifs is 1. The van der Waals surface area contributed by atoms with Crippen molar-refractivity contribution in [3.05, 3.63) is 23.3 Å². The molecular weight excluding hydrogens is 261 g/mol. The molecule has 0 spiro atoms. The first-order valence-electron chi connectivity index (χ1n) is 5.75. The Morgan fingerprint density at radius 1 is 1.21 bits per heavy atom. The highest BCUT2D eigenvalue weighted by molar-refractivity contribution is 5.82. The van der Waals surface area contributed by atoms with Crippen LogP contribution in [0.4, 0.5) is 18.9 Å². The van der Waals surface area contributed by atoms with E-state index >= 15 is 0 Å². The lowest BCUT2D eigenvalue weighted by atomic mass is 10.0. The molecule has 0 bridgehead atoms. The molecule has 0 saturated heterocycles. The fraction of sp³-hybridized carbons (Fsp3) is 0.417. The Balaban J connectivity index is 2.20. The van der Waals surface area contributed by atoms with Crippen LogP contribution in [-0.2, 0) is 17.6 Å². The third-order valence-electron chi connectivity index (χ3n) is 3.18. The van der Waals surface area contributed by atoms with Gasteiger partial charge in [-0.2, -0.15) is 13.2 Å². The highest BCUT2D eigenvalue weighted by atomic mass is 19.4. The summed E-state index contributed by atoms with van der Waals surface area (Å²) in [5, 5.41) is 9.49. The van der Waals surface area contributed by atoms with Crippen molar-refractivity contribution in [2.24, 2.45) is 0 Å². The Hall–Kier alpha value is -1.92. The summed E-state index contributed by atoms with van der Waals surface area (Å²) in [7, 11) is 0. The molecule has 0 atom stereocenters. The standard InChI is InChI=1S/C12H13F3N2O2/c13-12(14,15)11(19)17-3-1-7-5-9(16)10(18)6-8(7)2-4-17/h5-6,18H,1-4,16H2. The number of anilines is 1. The molecule has 1 aromatic rings. The zero-order valence-electron chi connectivity index (χ0n) is 10.00. The fourth-order valence-electron chi connectivity index (χ4n) is 2.17. The molecule has 4 nitrogen and oxygen atoms in total. The van der Waals surface area contributed by atoms with Crippen molar-refractivity contribution in [3.63, 3.8) is 0 Å². The SMILES string of the molecule is Nc1cc2c(cc1O)CCN(C(=O)C(F)(F)F)CC2. The van der Waals surface area contributed by atoms with Crippen molar-refractivity contribution in [2.45, 2.75) is 19.0 Å². The Kier molecular flexibility index (Phi) is 3.30. The number of nitrogens with zero attached hydrogens (tertiary/aromatic N) is 1. The molecule has 2 rings (SSSR count). The van der Waals surface area contributed by atoms with Gasteiger partial charge in [0.25, 0.3) is 0 Å². The topological polar surface area (TPSA) is 66.6 Å². The maximum atomic E-state index is 12.4. The molecular formula is C12H13F3N2O2. The lowest BCUT2D eigenvalue weighted by Crippen LogP contribution is -2.42. The van der Waals surface area contributed by atoms with Crippen LogP contribution < -0.4 is 5.73 Å². The molecule has 0 radical (unpaired) electrons. The number of carbonyl (C=O) groups is 1. The largest absolute Gasteiger partial charge is 0.506 e. The van der Waals surface area contributed by atoms with E-state index in [1.165, 1.54) is 6.07 Å². The van der Waals surface area contributed by atoms with E-state index in [2.05, 4.69) is 0 Å². The Morgan fingerprint density at radius 2 is 1.74 bits per heavy atom. The zero-order valence-corrected chi connectivity index (χ0v) is 10.00. The third kappa shape index (κ3) is 2.74. The van der Waals surface area contributed by atoms with Crippen LogP contribution >= 0.6 is 0 Å². The summed E-state index contributed by atoms with van der Waals surface area (Å²) in [4.78, 5) is 12.0. The molecule has 0 saturated carbocycles. The van der Waals surface area contributed by atoms with E-state index in [9.17, 15) is 23.1 Å². The number of aromatic hydroxyl groups is 1. The highest BCUT2D eigenvalue weighted by Crippen LogP contribution is 2.28. The van der Waals surface area contributed by atoms with Crippen LogP contribution in [0.3, 0.4) is 0 Å².